The van der Waals surface area contributed by atoms with Gasteiger partial charge in [0.2, 0.25) is 0 Å². The summed E-state index contributed by atoms with van der Waals surface area (Å²) in [6.45, 7) is 1.19. The van der Waals surface area contributed by atoms with E-state index in [0.717, 1.165) is 12.5 Å². The zero-order chi connectivity index (χ0) is 8.53. The van der Waals surface area contributed by atoms with Crippen molar-refractivity contribution < 1.29 is 14.6 Å². The highest BCUT2D eigenvalue weighted by atomic mass is 16.5. The Morgan fingerprint density at radius 2 is 2.55 bits per heavy atom. The number of aliphatic carboxylic acids is 1. The van der Waals surface area contributed by atoms with Gasteiger partial charge in [-0.05, 0) is 12.3 Å². The fraction of sp³-hybridized carbons (Fsp3) is 0.571. The Morgan fingerprint density at radius 1 is 1.82 bits per heavy atom. The Bertz CT molecular complexity index is 171. The standard InChI is InChI=1S/C7H11NO3/c1-11-6-2-4-8-5-3-7(9)10/h3H,2,4,6H2,1H3,(H,9,10). The first-order chi connectivity index (χ1) is 5.27. The van der Waals surface area contributed by atoms with Crippen molar-refractivity contribution in [3.8, 4) is 0 Å². The maximum Gasteiger partial charge on any atom is 0.337 e. The molecule has 0 rings (SSSR count). The van der Waals surface area contributed by atoms with E-state index in [1.807, 2.05) is 0 Å². The van der Waals surface area contributed by atoms with Gasteiger partial charge >= 0.3 is 5.97 Å². The number of aliphatic imine (C=N–C) groups is 1. The minimum Gasteiger partial charge on any atom is -0.478 e. The molecule has 0 aliphatic heterocycles. The van der Waals surface area contributed by atoms with Crippen molar-refractivity contribution in [2.24, 2.45) is 4.99 Å². The van der Waals surface area contributed by atoms with Crippen molar-refractivity contribution >= 4 is 11.8 Å². The van der Waals surface area contributed by atoms with E-state index in [1.165, 1.54) is 0 Å². The number of carboxylic acid groups (broad SMARTS) is 1. The van der Waals surface area contributed by atoms with Crippen LogP contribution in [-0.4, -0.2) is 37.2 Å². The van der Waals surface area contributed by atoms with Crippen molar-refractivity contribution in [1.82, 2.24) is 0 Å². The van der Waals surface area contributed by atoms with Crippen LogP contribution in [0.3, 0.4) is 0 Å². The summed E-state index contributed by atoms with van der Waals surface area (Å²) in [5.74, 6) is 1.26. The summed E-state index contributed by atoms with van der Waals surface area (Å²) in [5, 5.41) is 8.11. The Hall–Kier alpha value is -1.12. The smallest absolute Gasteiger partial charge is 0.337 e. The number of hydrogen-bond acceptors (Lipinski definition) is 3. The molecular weight excluding hydrogens is 146 g/mol. The van der Waals surface area contributed by atoms with E-state index in [1.54, 1.807) is 7.11 Å². The zero-order valence-electron chi connectivity index (χ0n) is 6.41. The van der Waals surface area contributed by atoms with Crippen LogP contribution in [0.1, 0.15) is 6.42 Å². The molecule has 0 atom stereocenters. The molecule has 62 valence electrons. The van der Waals surface area contributed by atoms with Gasteiger partial charge in [0.05, 0.1) is 12.6 Å². The van der Waals surface area contributed by atoms with Gasteiger partial charge in [0.15, 0.2) is 0 Å². The number of ether oxygens (including phenoxy) is 1. The highest BCUT2D eigenvalue weighted by Gasteiger charge is 1.82. The van der Waals surface area contributed by atoms with Crippen LogP contribution >= 0.6 is 0 Å². The lowest BCUT2D eigenvalue weighted by atomic mass is 10.5. The molecule has 0 aliphatic rings. The molecule has 0 fully saturated rings. The molecule has 0 aromatic rings. The highest BCUT2D eigenvalue weighted by Crippen LogP contribution is 1.79. The molecule has 0 bridgehead atoms. The van der Waals surface area contributed by atoms with Gasteiger partial charge < -0.3 is 9.84 Å². The maximum atomic E-state index is 9.89. The normalized spacial score (nSPS) is 8.45. The van der Waals surface area contributed by atoms with Crippen LogP contribution in [0.2, 0.25) is 0 Å². The predicted octanol–water partition coefficient (Wildman–Crippen LogP) is 0.333. The molecule has 0 amide bonds. The molecule has 0 saturated heterocycles. The first-order valence-corrected chi connectivity index (χ1v) is 3.24. The van der Waals surface area contributed by atoms with Gasteiger partial charge in [-0.3, -0.25) is 0 Å². The van der Waals surface area contributed by atoms with Crippen LogP contribution < -0.4 is 0 Å². The van der Waals surface area contributed by atoms with Gasteiger partial charge in [0, 0.05) is 13.7 Å². The van der Waals surface area contributed by atoms with Gasteiger partial charge in [0.1, 0.15) is 0 Å². The topological polar surface area (TPSA) is 58.9 Å². The summed E-state index contributed by atoms with van der Waals surface area (Å²) in [7, 11) is 1.61. The first kappa shape index (κ1) is 9.88. The van der Waals surface area contributed by atoms with E-state index in [0.29, 0.717) is 13.2 Å². The van der Waals surface area contributed by atoms with Crippen LogP contribution in [0.5, 0.6) is 0 Å². The van der Waals surface area contributed by atoms with Crippen molar-refractivity contribution in [3.63, 3.8) is 0 Å². The molecule has 0 aliphatic carbocycles. The van der Waals surface area contributed by atoms with Crippen molar-refractivity contribution in [1.29, 1.82) is 0 Å². The summed E-state index contributed by atoms with van der Waals surface area (Å²) in [4.78, 5) is 13.6. The van der Waals surface area contributed by atoms with E-state index in [9.17, 15) is 4.79 Å². The third-order valence-electron chi connectivity index (χ3n) is 0.898. The van der Waals surface area contributed by atoms with Gasteiger partial charge in [-0.2, -0.15) is 0 Å². The minimum atomic E-state index is -1.03. The van der Waals surface area contributed by atoms with Crippen molar-refractivity contribution in [3.05, 3.63) is 6.08 Å². The average Bonchev–Trinajstić information content (AvgIpc) is 1.96. The third kappa shape index (κ3) is 8.88. The lowest BCUT2D eigenvalue weighted by molar-refractivity contribution is -0.131. The number of methoxy groups -OCH3 is 1. The highest BCUT2D eigenvalue weighted by molar-refractivity contribution is 5.89. The van der Waals surface area contributed by atoms with E-state index in [2.05, 4.69) is 10.9 Å². The largest absolute Gasteiger partial charge is 0.478 e. The molecule has 11 heavy (non-hydrogen) atoms. The third-order valence-corrected chi connectivity index (χ3v) is 0.898. The van der Waals surface area contributed by atoms with E-state index >= 15 is 0 Å². The molecule has 0 radical (unpaired) electrons. The monoisotopic (exact) mass is 157 g/mol. The second-order valence-corrected chi connectivity index (χ2v) is 1.84. The zero-order valence-corrected chi connectivity index (χ0v) is 6.41. The Kier molecular flexibility index (Phi) is 6.28. The summed E-state index contributed by atoms with van der Waals surface area (Å²) >= 11 is 0. The summed E-state index contributed by atoms with van der Waals surface area (Å²) in [6, 6.07) is 0. The molecule has 0 unspecified atom stereocenters. The Balaban J connectivity index is 3.36. The summed E-state index contributed by atoms with van der Waals surface area (Å²) in [6.07, 6.45) is 1.67. The predicted molar refractivity (Wildman–Crippen MR) is 41.0 cm³/mol. The number of carbonyl (C=O) groups is 1. The maximum absolute atomic E-state index is 9.89. The molecule has 1 N–H and O–H groups in total. The second kappa shape index (κ2) is 6.99. The van der Waals surface area contributed by atoms with Gasteiger partial charge in [-0.25, -0.2) is 9.79 Å². The van der Waals surface area contributed by atoms with Crippen LogP contribution in [-0.2, 0) is 9.53 Å². The SMILES string of the molecule is COCCCN=C=CC(=O)O. The average molecular weight is 157 g/mol. The van der Waals surface area contributed by atoms with E-state index in [4.69, 9.17) is 9.84 Å². The molecule has 0 aromatic carbocycles. The molecular formula is C7H11NO3. The summed E-state index contributed by atoms with van der Waals surface area (Å²) in [5.41, 5.74) is 0. The van der Waals surface area contributed by atoms with E-state index in [-0.39, 0.29) is 0 Å². The van der Waals surface area contributed by atoms with Crippen LogP contribution in [0.25, 0.3) is 0 Å². The first-order valence-electron chi connectivity index (χ1n) is 3.24. The molecule has 0 heterocycles. The molecule has 4 heteroatoms. The second-order valence-electron chi connectivity index (χ2n) is 1.84. The molecule has 4 nitrogen and oxygen atoms in total. The van der Waals surface area contributed by atoms with Gasteiger partial charge in [-0.1, -0.05) is 0 Å². The minimum absolute atomic E-state index is 0.553. The molecule has 0 spiro atoms. The van der Waals surface area contributed by atoms with Gasteiger partial charge in [-0.15, -0.1) is 0 Å². The lowest BCUT2D eigenvalue weighted by Crippen LogP contribution is -1.91. The quantitative estimate of drug-likeness (QED) is 0.355. The number of hydrogen-bond donors (Lipinski definition) is 1. The van der Waals surface area contributed by atoms with Crippen LogP contribution in [0.15, 0.2) is 11.1 Å². The Morgan fingerprint density at radius 3 is 3.09 bits per heavy atom. The van der Waals surface area contributed by atoms with E-state index < -0.39 is 5.97 Å². The van der Waals surface area contributed by atoms with Crippen LogP contribution in [0.4, 0.5) is 0 Å². The molecule has 0 aromatic heterocycles. The fourth-order valence-electron chi connectivity index (χ4n) is 0.453. The summed E-state index contributed by atoms with van der Waals surface area (Å²) < 4.78 is 4.76. The van der Waals surface area contributed by atoms with Gasteiger partial charge in [0.25, 0.3) is 0 Å². The molecule has 0 saturated carbocycles. The lowest BCUT2D eigenvalue weighted by Gasteiger charge is -1.90. The number of carboxylic acids is 1. The van der Waals surface area contributed by atoms with Crippen molar-refractivity contribution in [2.45, 2.75) is 6.42 Å². The number of rotatable bonds is 5. The van der Waals surface area contributed by atoms with Crippen molar-refractivity contribution in [2.75, 3.05) is 20.3 Å². The number of nitrogens with zero attached hydrogens (tertiary/aromatic N) is 1. The fourth-order valence-corrected chi connectivity index (χ4v) is 0.453. The van der Waals surface area contributed by atoms with Crippen LogP contribution in [0, 0.1) is 0 Å². The Labute approximate surface area is 65.2 Å².